The predicted molar refractivity (Wildman–Crippen MR) is 98.2 cm³/mol. The highest BCUT2D eigenvalue weighted by Gasteiger charge is 2.43. The molecule has 0 fully saturated rings. The summed E-state index contributed by atoms with van der Waals surface area (Å²) in [6.07, 6.45) is -5.21. The van der Waals surface area contributed by atoms with E-state index in [4.69, 9.17) is 0 Å². The summed E-state index contributed by atoms with van der Waals surface area (Å²) in [5, 5.41) is 25.1. The summed E-state index contributed by atoms with van der Waals surface area (Å²) in [4.78, 5) is 11.7. The second-order valence-corrected chi connectivity index (χ2v) is 6.65. The molecule has 0 unspecified atom stereocenters. The highest BCUT2D eigenvalue weighted by molar-refractivity contribution is 7.11. The van der Waals surface area contributed by atoms with Crippen molar-refractivity contribution in [2.45, 2.75) is 13.1 Å². The number of ketones is 1. The van der Waals surface area contributed by atoms with E-state index in [2.05, 4.69) is 20.4 Å². The van der Waals surface area contributed by atoms with E-state index in [9.17, 15) is 23.1 Å². The topological polar surface area (TPSA) is 90.7 Å². The minimum absolute atomic E-state index is 0.0398. The molecule has 0 aliphatic rings. The number of halogens is 3. The molecular weight excluding hydrogens is 393 g/mol. The lowest BCUT2D eigenvalue weighted by Gasteiger charge is -2.06. The number of nitrogens with one attached hydrogen (secondary N) is 1. The molecule has 0 saturated heterocycles. The third-order valence-corrected chi connectivity index (χ3v) is 4.51. The molecule has 0 saturated carbocycles. The van der Waals surface area contributed by atoms with Gasteiger partial charge in [0.05, 0.1) is 10.6 Å². The Morgan fingerprint density at radius 1 is 1.21 bits per heavy atom. The Kier molecular flexibility index (Phi) is 5.41. The zero-order valence-electron chi connectivity index (χ0n) is 14.4. The maximum atomic E-state index is 12.9. The van der Waals surface area contributed by atoms with Gasteiger partial charge in [-0.1, -0.05) is 35.9 Å². The number of aromatic amines is 1. The number of Topliss-reactive ketones (excluding diaryl/α,β-unsaturated/α-hetero) is 1. The molecule has 0 bridgehead atoms. The van der Waals surface area contributed by atoms with Gasteiger partial charge in [-0.2, -0.15) is 18.3 Å². The van der Waals surface area contributed by atoms with Crippen LogP contribution < -0.4 is 0 Å². The smallest absolute Gasteiger partial charge is 0.456 e. The molecule has 2 aromatic heterocycles. The number of azo groups is 1. The lowest BCUT2D eigenvalue weighted by atomic mass is 10.1. The Labute approximate surface area is 161 Å². The van der Waals surface area contributed by atoms with E-state index in [-0.39, 0.29) is 10.7 Å². The first-order valence-electron chi connectivity index (χ1n) is 7.88. The number of hydrogen-bond acceptors (Lipinski definition) is 6. The van der Waals surface area contributed by atoms with Crippen LogP contribution >= 0.6 is 11.3 Å². The van der Waals surface area contributed by atoms with Gasteiger partial charge >= 0.3 is 6.18 Å². The lowest BCUT2D eigenvalue weighted by molar-refractivity contribution is -0.166. The minimum atomic E-state index is -5.21. The van der Waals surface area contributed by atoms with Crippen LogP contribution in [0.1, 0.15) is 10.4 Å². The maximum absolute atomic E-state index is 12.9. The van der Waals surface area contributed by atoms with Gasteiger partial charge in [0.1, 0.15) is 0 Å². The number of aliphatic hydroxyl groups is 1. The van der Waals surface area contributed by atoms with Crippen molar-refractivity contribution in [2.24, 2.45) is 10.2 Å². The fourth-order valence-corrected chi connectivity index (χ4v) is 2.88. The molecule has 0 radical (unpaired) electrons. The molecule has 0 spiro atoms. The number of aryl methyl sites for hydroxylation is 1. The fraction of sp³-hybridized carbons (Fsp3) is 0.111. The molecule has 28 heavy (non-hydrogen) atoms. The van der Waals surface area contributed by atoms with Crippen LogP contribution in [-0.4, -0.2) is 27.3 Å². The molecule has 0 amide bonds. The summed E-state index contributed by atoms with van der Waals surface area (Å²) in [5.41, 5.74) is 1.23. The second kappa shape index (κ2) is 7.77. The third-order valence-electron chi connectivity index (χ3n) is 3.63. The quantitative estimate of drug-likeness (QED) is 0.329. The Morgan fingerprint density at radius 3 is 2.54 bits per heavy atom. The number of aliphatic hydroxyl groups excluding tert-OH is 1. The van der Waals surface area contributed by atoms with E-state index in [1.54, 1.807) is 5.38 Å². The molecular formula is C18H13F3N4O2S. The van der Waals surface area contributed by atoms with Crippen LogP contribution in [0.5, 0.6) is 0 Å². The number of carbonyl (C=O) groups is 1. The zero-order valence-corrected chi connectivity index (χ0v) is 15.2. The molecule has 144 valence electrons. The van der Waals surface area contributed by atoms with E-state index in [0.29, 0.717) is 5.69 Å². The Morgan fingerprint density at radius 2 is 1.93 bits per heavy atom. The maximum Gasteiger partial charge on any atom is 0.456 e. The summed E-state index contributed by atoms with van der Waals surface area (Å²) in [5.74, 6) is -3.23. The van der Waals surface area contributed by atoms with Crippen molar-refractivity contribution in [2.75, 3.05) is 0 Å². The van der Waals surface area contributed by atoms with Crippen molar-refractivity contribution in [3.05, 3.63) is 64.0 Å². The molecule has 2 heterocycles. The highest BCUT2D eigenvalue weighted by Crippen LogP contribution is 2.29. The number of H-pyrrole nitrogens is 1. The Balaban J connectivity index is 1.93. The van der Waals surface area contributed by atoms with E-state index in [0.717, 1.165) is 22.5 Å². The van der Waals surface area contributed by atoms with E-state index < -0.39 is 23.4 Å². The number of aromatic nitrogens is 2. The van der Waals surface area contributed by atoms with Gasteiger partial charge in [0.15, 0.2) is 17.3 Å². The molecule has 1 aromatic carbocycles. The van der Waals surface area contributed by atoms with Gasteiger partial charge in [0.2, 0.25) is 0 Å². The largest absolute Gasteiger partial charge is 0.504 e. The van der Waals surface area contributed by atoms with Crippen LogP contribution in [0.25, 0.3) is 17.0 Å². The Bertz CT molecular complexity index is 1040. The molecule has 3 aromatic rings. The van der Waals surface area contributed by atoms with Crippen molar-refractivity contribution < 1.29 is 23.1 Å². The average Bonchev–Trinajstić information content (AvgIpc) is 3.33. The van der Waals surface area contributed by atoms with Crippen LogP contribution in [0.4, 0.5) is 19.0 Å². The summed E-state index contributed by atoms with van der Waals surface area (Å²) in [6, 6.07) is 11.8. The van der Waals surface area contributed by atoms with Crippen molar-refractivity contribution in [1.29, 1.82) is 0 Å². The van der Waals surface area contributed by atoms with Gasteiger partial charge in [-0.15, -0.1) is 21.6 Å². The normalized spacial score (nSPS) is 13.0. The molecule has 6 nitrogen and oxygen atoms in total. The number of hydrogen-bond donors (Lipinski definition) is 2. The van der Waals surface area contributed by atoms with Crippen LogP contribution in [-0.2, 0) is 4.79 Å². The van der Waals surface area contributed by atoms with Gasteiger partial charge in [-0.25, -0.2) is 0 Å². The molecule has 10 heteroatoms. The van der Waals surface area contributed by atoms with Gasteiger partial charge in [0.25, 0.3) is 5.78 Å². The minimum Gasteiger partial charge on any atom is -0.504 e. The first-order chi connectivity index (χ1) is 13.3. The monoisotopic (exact) mass is 406 g/mol. The Hall–Kier alpha value is -3.27. The van der Waals surface area contributed by atoms with Gasteiger partial charge in [-0.3, -0.25) is 9.89 Å². The number of benzene rings is 1. The highest BCUT2D eigenvalue weighted by atomic mass is 32.1. The number of carbonyl (C=O) groups excluding carboxylic acids is 1. The van der Waals surface area contributed by atoms with Crippen molar-refractivity contribution in [1.82, 2.24) is 10.2 Å². The molecule has 0 atom stereocenters. The summed E-state index contributed by atoms with van der Waals surface area (Å²) < 4.78 is 38.6. The van der Waals surface area contributed by atoms with Gasteiger partial charge in [0, 0.05) is 6.07 Å². The first kappa shape index (κ1) is 19.5. The van der Waals surface area contributed by atoms with Crippen LogP contribution in [0.15, 0.2) is 63.8 Å². The SMILES string of the molecule is Cc1ccc(-c2cc(N=N/C(C(=O)C(F)(F)F)=C(/O)c3cccs3)n[nH]2)cc1. The van der Waals surface area contributed by atoms with Crippen LogP contribution in [0, 0.1) is 6.92 Å². The molecule has 2 N–H and O–H groups in total. The number of rotatable bonds is 5. The predicted octanol–water partition coefficient (Wildman–Crippen LogP) is 5.59. The van der Waals surface area contributed by atoms with Gasteiger partial charge in [-0.05, 0) is 23.9 Å². The van der Waals surface area contributed by atoms with Crippen LogP contribution in [0.3, 0.4) is 0 Å². The van der Waals surface area contributed by atoms with E-state index >= 15 is 0 Å². The van der Waals surface area contributed by atoms with E-state index in [1.807, 2.05) is 31.2 Å². The molecule has 3 rings (SSSR count). The summed E-state index contributed by atoms with van der Waals surface area (Å²) in [7, 11) is 0. The van der Waals surface area contributed by atoms with Gasteiger partial charge < -0.3 is 5.11 Å². The second-order valence-electron chi connectivity index (χ2n) is 5.71. The van der Waals surface area contributed by atoms with Crippen molar-refractivity contribution >= 4 is 28.7 Å². The van der Waals surface area contributed by atoms with Crippen molar-refractivity contribution in [3.63, 3.8) is 0 Å². The van der Waals surface area contributed by atoms with E-state index in [1.165, 1.54) is 18.2 Å². The van der Waals surface area contributed by atoms with Crippen LogP contribution in [0.2, 0.25) is 0 Å². The lowest BCUT2D eigenvalue weighted by Crippen LogP contribution is -2.24. The number of alkyl halides is 3. The average molecular weight is 406 g/mol. The standard InChI is InChI=1S/C18H13F3N4O2S/c1-10-4-6-11(7-5-10)12-9-14(23-22-12)24-25-15(17(27)18(19,20)21)16(26)13-3-2-8-28-13/h2-9,26H,1H3,(H,22,23)/b16-15+,25-24?. The number of allylic oxidation sites excluding steroid dienone is 1. The molecule has 0 aliphatic carbocycles. The summed E-state index contributed by atoms with van der Waals surface area (Å²) in [6.45, 7) is 1.93. The molecule has 0 aliphatic heterocycles. The first-order valence-corrected chi connectivity index (χ1v) is 8.76. The zero-order chi connectivity index (χ0) is 20.3. The fourth-order valence-electron chi connectivity index (χ4n) is 2.21. The third kappa shape index (κ3) is 4.34. The number of nitrogens with zero attached hydrogens (tertiary/aromatic N) is 3. The van der Waals surface area contributed by atoms with Crippen molar-refractivity contribution in [3.8, 4) is 11.3 Å². The number of thiophene rings is 1. The summed E-state index contributed by atoms with van der Waals surface area (Å²) >= 11 is 0.961.